The quantitative estimate of drug-likeness (QED) is 0.712. The molecule has 1 N–H and O–H groups in total. The zero-order valence-corrected chi connectivity index (χ0v) is 7.70. The molecule has 0 amide bonds. The Kier molecular flexibility index (Phi) is 2.11. The van der Waals surface area contributed by atoms with Crippen LogP contribution in [0.1, 0.15) is 11.3 Å². The standard InChI is InChI=1S/C12H10N2/c1-2-4-9-6-7-10-5-3-8-14-12(10)11(9)13/h2-8,13H,1H2/b9-4-,13-11?. The highest BCUT2D eigenvalue weighted by atomic mass is 14.7. The predicted octanol–water partition coefficient (Wildman–Crippen LogP) is 2.59. The van der Waals surface area contributed by atoms with Crippen LogP contribution in [0.2, 0.25) is 0 Å². The molecule has 0 saturated carbocycles. The first-order valence-corrected chi connectivity index (χ1v) is 4.38. The number of hydrogen-bond donors (Lipinski definition) is 1. The van der Waals surface area contributed by atoms with E-state index in [0.29, 0.717) is 5.71 Å². The maximum Gasteiger partial charge on any atom is 0.0957 e. The summed E-state index contributed by atoms with van der Waals surface area (Å²) < 4.78 is 0. The van der Waals surface area contributed by atoms with E-state index in [2.05, 4.69) is 11.6 Å². The molecule has 68 valence electrons. The van der Waals surface area contributed by atoms with Crippen LogP contribution in [0.5, 0.6) is 0 Å². The molecule has 1 heterocycles. The highest BCUT2D eigenvalue weighted by Gasteiger charge is 2.13. The van der Waals surface area contributed by atoms with Crippen molar-refractivity contribution in [1.29, 1.82) is 5.41 Å². The third-order valence-corrected chi connectivity index (χ3v) is 2.10. The number of hydrogen-bond acceptors (Lipinski definition) is 2. The zero-order chi connectivity index (χ0) is 9.97. The summed E-state index contributed by atoms with van der Waals surface area (Å²) in [6, 6.07) is 3.83. The first-order valence-electron chi connectivity index (χ1n) is 4.38. The smallest absolute Gasteiger partial charge is 0.0957 e. The lowest BCUT2D eigenvalue weighted by Gasteiger charge is -2.12. The zero-order valence-electron chi connectivity index (χ0n) is 7.70. The second-order valence-corrected chi connectivity index (χ2v) is 3.01. The van der Waals surface area contributed by atoms with Crippen molar-refractivity contribution in [2.45, 2.75) is 0 Å². The van der Waals surface area contributed by atoms with Gasteiger partial charge >= 0.3 is 0 Å². The van der Waals surface area contributed by atoms with Gasteiger partial charge in [-0.2, -0.15) is 0 Å². The van der Waals surface area contributed by atoms with E-state index in [1.54, 1.807) is 12.3 Å². The second kappa shape index (κ2) is 3.42. The Morgan fingerprint density at radius 2 is 2.21 bits per heavy atom. The molecule has 0 bridgehead atoms. The van der Waals surface area contributed by atoms with Gasteiger partial charge in [0.2, 0.25) is 0 Å². The number of nitrogens with zero attached hydrogens (tertiary/aromatic N) is 1. The molecule has 0 saturated heterocycles. The number of aromatic nitrogens is 1. The van der Waals surface area contributed by atoms with Gasteiger partial charge in [0.05, 0.1) is 11.4 Å². The van der Waals surface area contributed by atoms with Crippen LogP contribution >= 0.6 is 0 Å². The van der Waals surface area contributed by atoms with Crippen molar-refractivity contribution in [2.75, 3.05) is 0 Å². The molecule has 0 aliphatic heterocycles. The Hall–Kier alpha value is -1.96. The number of rotatable bonds is 1. The molecule has 2 rings (SSSR count). The summed E-state index contributed by atoms with van der Waals surface area (Å²) in [5.74, 6) is 0. The number of pyridine rings is 1. The van der Waals surface area contributed by atoms with Crippen LogP contribution in [0.3, 0.4) is 0 Å². The molecular weight excluding hydrogens is 172 g/mol. The van der Waals surface area contributed by atoms with E-state index in [1.165, 1.54) is 0 Å². The van der Waals surface area contributed by atoms with Crippen LogP contribution in [-0.4, -0.2) is 10.7 Å². The van der Waals surface area contributed by atoms with Gasteiger partial charge in [0.15, 0.2) is 0 Å². The minimum absolute atomic E-state index is 0.461. The summed E-state index contributed by atoms with van der Waals surface area (Å²) in [6.07, 6.45) is 9.08. The van der Waals surface area contributed by atoms with Crippen molar-refractivity contribution in [3.63, 3.8) is 0 Å². The monoisotopic (exact) mass is 182 g/mol. The summed E-state index contributed by atoms with van der Waals surface area (Å²) in [6.45, 7) is 3.62. The Labute approximate surface area is 82.8 Å². The van der Waals surface area contributed by atoms with Crippen LogP contribution in [-0.2, 0) is 0 Å². The molecule has 14 heavy (non-hydrogen) atoms. The van der Waals surface area contributed by atoms with E-state index >= 15 is 0 Å². The molecule has 1 aromatic heterocycles. The molecule has 2 heteroatoms. The first-order chi connectivity index (χ1) is 6.83. The molecule has 0 radical (unpaired) electrons. The van der Waals surface area contributed by atoms with Gasteiger partial charge in [0, 0.05) is 17.3 Å². The van der Waals surface area contributed by atoms with E-state index in [-0.39, 0.29) is 0 Å². The Morgan fingerprint density at radius 3 is 3.00 bits per heavy atom. The molecule has 0 aromatic carbocycles. The molecule has 0 spiro atoms. The third-order valence-electron chi connectivity index (χ3n) is 2.10. The first kappa shape index (κ1) is 8.63. The average Bonchev–Trinajstić information content (AvgIpc) is 2.23. The summed E-state index contributed by atoms with van der Waals surface area (Å²) >= 11 is 0. The van der Waals surface area contributed by atoms with E-state index in [9.17, 15) is 0 Å². The third kappa shape index (κ3) is 1.31. The van der Waals surface area contributed by atoms with E-state index in [1.807, 2.05) is 30.4 Å². The van der Waals surface area contributed by atoms with Gasteiger partial charge in [0.25, 0.3) is 0 Å². The fourth-order valence-corrected chi connectivity index (χ4v) is 1.43. The van der Waals surface area contributed by atoms with Crippen molar-refractivity contribution in [3.8, 4) is 0 Å². The van der Waals surface area contributed by atoms with Crippen molar-refractivity contribution >= 4 is 11.8 Å². The predicted molar refractivity (Wildman–Crippen MR) is 58.4 cm³/mol. The van der Waals surface area contributed by atoms with Gasteiger partial charge in [0.1, 0.15) is 0 Å². The van der Waals surface area contributed by atoms with Crippen LogP contribution < -0.4 is 0 Å². The fraction of sp³-hybridized carbons (Fsp3) is 0. The van der Waals surface area contributed by atoms with Crippen LogP contribution in [0.25, 0.3) is 6.08 Å². The van der Waals surface area contributed by atoms with Gasteiger partial charge in [-0.1, -0.05) is 36.9 Å². The Morgan fingerprint density at radius 1 is 1.36 bits per heavy atom. The number of allylic oxidation sites excluding steroid dienone is 4. The molecule has 1 aliphatic carbocycles. The summed E-state index contributed by atoms with van der Waals surface area (Å²) in [4.78, 5) is 4.18. The molecule has 0 fully saturated rings. The van der Waals surface area contributed by atoms with Crippen LogP contribution in [0, 0.1) is 5.41 Å². The topological polar surface area (TPSA) is 36.7 Å². The van der Waals surface area contributed by atoms with Gasteiger partial charge in [-0.05, 0) is 6.07 Å². The minimum atomic E-state index is 0.461. The molecular formula is C12H10N2. The molecule has 0 unspecified atom stereocenters. The van der Waals surface area contributed by atoms with Gasteiger partial charge < -0.3 is 0 Å². The lowest BCUT2D eigenvalue weighted by Crippen LogP contribution is -2.09. The maximum atomic E-state index is 7.90. The van der Waals surface area contributed by atoms with Crippen LogP contribution in [0.4, 0.5) is 0 Å². The number of fused-ring (bicyclic) bond motifs is 1. The number of nitrogens with one attached hydrogen (secondary N) is 1. The second-order valence-electron chi connectivity index (χ2n) is 3.01. The highest BCUT2D eigenvalue weighted by Crippen LogP contribution is 2.19. The summed E-state index contributed by atoms with van der Waals surface area (Å²) in [5, 5.41) is 7.90. The van der Waals surface area contributed by atoms with Crippen molar-refractivity contribution in [1.82, 2.24) is 4.98 Å². The van der Waals surface area contributed by atoms with Gasteiger partial charge in [-0.15, -0.1) is 0 Å². The van der Waals surface area contributed by atoms with E-state index in [0.717, 1.165) is 16.8 Å². The maximum absolute atomic E-state index is 7.90. The van der Waals surface area contributed by atoms with Gasteiger partial charge in [-0.25, -0.2) is 0 Å². The summed E-state index contributed by atoms with van der Waals surface area (Å²) in [7, 11) is 0. The fourth-order valence-electron chi connectivity index (χ4n) is 1.43. The molecule has 1 aromatic rings. The minimum Gasteiger partial charge on any atom is -0.298 e. The summed E-state index contributed by atoms with van der Waals surface area (Å²) in [5.41, 5.74) is 3.05. The Bertz CT molecular complexity index is 453. The normalized spacial score (nSPS) is 16.9. The van der Waals surface area contributed by atoms with Crippen molar-refractivity contribution in [3.05, 3.63) is 60.0 Å². The van der Waals surface area contributed by atoms with Crippen LogP contribution in [0.15, 0.2) is 48.7 Å². The SMILES string of the molecule is C=C/C=C1/C=Cc2cccnc2C1=N. The van der Waals surface area contributed by atoms with Crippen molar-refractivity contribution in [2.24, 2.45) is 0 Å². The molecule has 1 aliphatic rings. The van der Waals surface area contributed by atoms with E-state index < -0.39 is 0 Å². The lowest BCUT2D eigenvalue weighted by atomic mass is 9.96. The van der Waals surface area contributed by atoms with E-state index in [4.69, 9.17) is 5.41 Å². The van der Waals surface area contributed by atoms with Crippen molar-refractivity contribution < 1.29 is 0 Å². The average molecular weight is 182 g/mol. The lowest BCUT2D eigenvalue weighted by molar-refractivity contribution is 1.25. The van der Waals surface area contributed by atoms with Gasteiger partial charge in [-0.3, -0.25) is 10.4 Å². The molecule has 0 atom stereocenters. The molecule has 2 nitrogen and oxygen atoms in total. The largest absolute Gasteiger partial charge is 0.298 e. The Balaban J connectivity index is 2.55. The highest BCUT2D eigenvalue weighted by molar-refractivity contribution is 6.15.